The van der Waals surface area contributed by atoms with Gasteiger partial charge in [-0.2, -0.15) is 0 Å². The molecule has 0 aliphatic rings. The molecule has 0 fully saturated rings. The largest absolute Gasteiger partial charge is 0.467 e. The van der Waals surface area contributed by atoms with Gasteiger partial charge in [-0.3, -0.25) is 0 Å². The molecule has 0 aliphatic heterocycles. The third-order valence-electron chi connectivity index (χ3n) is 1.52. The fourth-order valence-corrected chi connectivity index (χ4v) is 2.39. The number of rotatable bonds is 4. The molecule has 1 aromatic heterocycles. The molecule has 84 valence electrons. The van der Waals surface area contributed by atoms with Crippen molar-refractivity contribution in [3.05, 3.63) is 0 Å². The van der Waals surface area contributed by atoms with Gasteiger partial charge in [0.1, 0.15) is 0 Å². The number of nitrogens with zero attached hydrogens (tertiary/aromatic N) is 2. The Kier molecular flexibility index (Phi) is 3.89. The smallest absolute Gasteiger partial charge is 0.338 e. The molecule has 0 bridgehead atoms. The molecule has 1 aromatic rings. The average molecular weight is 249 g/mol. The number of anilines is 1. The summed E-state index contributed by atoms with van der Waals surface area (Å²) >= 11 is 2.41. The summed E-state index contributed by atoms with van der Waals surface area (Å²) in [4.78, 5) is 11.1. The van der Waals surface area contributed by atoms with E-state index >= 15 is 0 Å². The van der Waals surface area contributed by atoms with E-state index in [1.807, 2.05) is 0 Å². The maximum Gasteiger partial charge on any atom is 0.338 e. The van der Waals surface area contributed by atoms with E-state index in [4.69, 9.17) is 5.73 Å². The van der Waals surface area contributed by atoms with Gasteiger partial charge in [0.15, 0.2) is 9.94 Å². The number of ether oxygens (including phenoxy) is 1. The highest BCUT2D eigenvalue weighted by atomic mass is 32.2. The van der Waals surface area contributed by atoms with Crippen LogP contribution in [0.1, 0.15) is 6.92 Å². The Morgan fingerprint density at radius 2 is 2.40 bits per heavy atom. The fourth-order valence-electron chi connectivity index (χ4n) is 0.760. The van der Waals surface area contributed by atoms with Crippen molar-refractivity contribution in [2.75, 3.05) is 18.6 Å². The Bertz CT molecular complexity index is 353. The minimum absolute atomic E-state index is 0.147. The van der Waals surface area contributed by atoms with E-state index in [9.17, 15) is 9.90 Å². The topological polar surface area (TPSA) is 98.3 Å². The number of aromatic nitrogens is 2. The predicted molar refractivity (Wildman–Crippen MR) is 57.7 cm³/mol. The van der Waals surface area contributed by atoms with E-state index in [0.29, 0.717) is 9.47 Å². The average Bonchev–Trinajstić information content (AvgIpc) is 2.60. The number of nitrogen functional groups attached to an aromatic ring is 1. The first-order valence-corrected chi connectivity index (χ1v) is 5.78. The zero-order valence-electron chi connectivity index (χ0n) is 8.26. The van der Waals surface area contributed by atoms with Gasteiger partial charge in [0.05, 0.1) is 7.11 Å². The SMILES string of the molecule is COC(=O)C(C)(O)CSc1nnc(N)s1. The van der Waals surface area contributed by atoms with E-state index in [1.165, 1.54) is 37.1 Å². The molecule has 1 rings (SSSR count). The molecule has 15 heavy (non-hydrogen) atoms. The second kappa shape index (κ2) is 4.77. The van der Waals surface area contributed by atoms with E-state index in [2.05, 4.69) is 14.9 Å². The molecular formula is C7H11N3O3S2. The van der Waals surface area contributed by atoms with Crippen molar-refractivity contribution in [1.29, 1.82) is 0 Å². The van der Waals surface area contributed by atoms with Crippen molar-refractivity contribution >= 4 is 34.2 Å². The first-order valence-electron chi connectivity index (χ1n) is 3.98. The Labute approximate surface area is 94.8 Å². The number of nitrogens with two attached hydrogens (primary N) is 1. The molecule has 1 unspecified atom stereocenters. The molecule has 0 aromatic carbocycles. The fraction of sp³-hybridized carbons (Fsp3) is 0.571. The van der Waals surface area contributed by atoms with Crippen LogP contribution in [0, 0.1) is 0 Å². The Balaban J connectivity index is 2.53. The van der Waals surface area contributed by atoms with Crippen LogP contribution in [-0.2, 0) is 9.53 Å². The summed E-state index contributed by atoms with van der Waals surface area (Å²) in [5.74, 6) is -0.526. The van der Waals surface area contributed by atoms with Crippen molar-refractivity contribution in [1.82, 2.24) is 10.2 Å². The van der Waals surface area contributed by atoms with Crippen molar-refractivity contribution in [3.63, 3.8) is 0 Å². The van der Waals surface area contributed by atoms with E-state index in [-0.39, 0.29) is 5.75 Å². The lowest BCUT2D eigenvalue weighted by molar-refractivity contribution is -0.158. The number of carbonyl (C=O) groups is 1. The van der Waals surface area contributed by atoms with Gasteiger partial charge in [0, 0.05) is 5.75 Å². The monoisotopic (exact) mass is 249 g/mol. The number of carbonyl (C=O) groups excluding carboxylic acids is 1. The molecule has 8 heteroatoms. The van der Waals surface area contributed by atoms with Crippen LogP contribution in [0.15, 0.2) is 4.34 Å². The summed E-state index contributed by atoms with van der Waals surface area (Å²) in [6, 6.07) is 0. The highest BCUT2D eigenvalue weighted by molar-refractivity contribution is 8.01. The Morgan fingerprint density at radius 1 is 1.73 bits per heavy atom. The lowest BCUT2D eigenvalue weighted by Gasteiger charge is -2.18. The molecule has 1 heterocycles. The Morgan fingerprint density at radius 3 is 2.87 bits per heavy atom. The number of methoxy groups -OCH3 is 1. The summed E-state index contributed by atoms with van der Waals surface area (Å²) in [7, 11) is 1.23. The summed E-state index contributed by atoms with van der Waals surface area (Å²) in [6.07, 6.45) is 0. The molecular weight excluding hydrogens is 238 g/mol. The first kappa shape index (κ1) is 12.2. The van der Waals surface area contributed by atoms with E-state index in [1.54, 1.807) is 0 Å². The van der Waals surface area contributed by atoms with Crippen LogP contribution in [0.3, 0.4) is 0 Å². The van der Waals surface area contributed by atoms with Crippen LogP contribution in [0.2, 0.25) is 0 Å². The van der Waals surface area contributed by atoms with Gasteiger partial charge in [0.25, 0.3) is 0 Å². The molecule has 1 atom stereocenters. The van der Waals surface area contributed by atoms with Crippen LogP contribution in [0.25, 0.3) is 0 Å². The summed E-state index contributed by atoms with van der Waals surface area (Å²) < 4.78 is 5.06. The zero-order chi connectivity index (χ0) is 11.5. The number of hydrogen-bond donors (Lipinski definition) is 2. The molecule has 0 aliphatic carbocycles. The van der Waals surface area contributed by atoms with Gasteiger partial charge in [-0.05, 0) is 6.92 Å². The van der Waals surface area contributed by atoms with E-state index < -0.39 is 11.6 Å². The number of hydrogen-bond acceptors (Lipinski definition) is 8. The summed E-state index contributed by atoms with van der Waals surface area (Å²) in [5, 5.41) is 17.4. The molecule has 0 saturated carbocycles. The molecule has 0 amide bonds. The van der Waals surface area contributed by atoms with Crippen molar-refractivity contribution in [3.8, 4) is 0 Å². The molecule has 0 radical (unpaired) electrons. The highest BCUT2D eigenvalue weighted by Gasteiger charge is 2.31. The van der Waals surface area contributed by atoms with Gasteiger partial charge in [-0.25, -0.2) is 4.79 Å². The van der Waals surface area contributed by atoms with Crippen molar-refractivity contribution in [2.24, 2.45) is 0 Å². The van der Waals surface area contributed by atoms with Crippen LogP contribution in [0.5, 0.6) is 0 Å². The predicted octanol–water partition coefficient (Wildman–Crippen LogP) is 0.136. The van der Waals surface area contributed by atoms with Crippen LogP contribution in [0.4, 0.5) is 5.13 Å². The van der Waals surface area contributed by atoms with Crippen LogP contribution >= 0.6 is 23.1 Å². The van der Waals surface area contributed by atoms with E-state index in [0.717, 1.165) is 0 Å². The molecule has 6 nitrogen and oxygen atoms in total. The van der Waals surface area contributed by atoms with Gasteiger partial charge in [-0.15, -0.1) is 10.2 Å². The third kappa shape index (κ3) is 3.33. The molecule has 3 N–H and O–H groups in total. The Hall–Kier alpha value is -0.860. The highest BCUT2D eigenvalue weighted by Crippen LogP contribution is 2.26. The summed E-state index contributed by atoms with van der Waals surface area (Å²) in [6.45, 7) is 1.39. The number of esters is 1. The zero-order valence-corrected chi connectivity index (χ0v) is 9.89. The minimum Gasteiger partial charge on any atom is -0.467 e. The van der Waals surface area contributed by atoms with Crippen LogP contribution in [-0.4, -0.2) is 39.7 Å². The quantitative estimate of drug-likeness (QED) is 0.578. The van der Waals surface area contributed by atoms with Crippen molar-refractivity contribution < 1.29 is 14.6 Å². The standard InChI is InChI=1S/C7H11N3O3S2/c1-7(12,4(11)13-2)3-14-6-10-9-5(8)15-6/h12H,3H2,1-2H3,(H2,8,9). The normalized spacial score (nSPS) is 14.6. The third-order valence-corrected chi connectivity index (χ3v) is 3.71. The lowest BCUT2D eigenvalue weighted by Crippen LogP contribution is -2.38. The molecule has 0 spiro atoms. The maximum atomic E-state index is 11.1. The number of aliphatic hydroxyl groups is 1. The molecule has 0 saturated heterocycles. The van der Waals surface area contributed by atoms with Gasteiger partial charge < -0.3 is 15.6 Å². The van der Waals surface area contributed by atoms with Crippen molar-refractivity contribution in [2.45, 2.75) is 16.9 Å². The second-order valence-corrected chi connectivity index (χ2v) is 5.19. The first-order chi connectivity index (χ1) is 6.95. The number of thioether (sulfide) groups is 1. The summed E-state index contributed by atoms with van der Waals surface area (Å²) in [5.41, 5.74) is 3.85. The lowest BCUT2D eigenvalue weighted by atomic mass is 10.1. The van der Waals surface area contributed by atoms with Gasteiger partial charge >= 0.3 is 5.97 Å². The van der Waals surface area contributed by atoms with Crippen LogP contribution < -0.4 is 5.73 Å². The maximum absolute atomic E-state index is 11.1. The second-order valence-electron chi connectivity index (χ2n) is 2.96. The van der Waals surface area contributed by atoms with Gasteiger partial charge in [-0.1, -0.05) is 23.1 Å². The van der Waals surface area contributed by atoms with Gasteiger partial charge in [0.2, 0.25) is 5.13 Å². The minimum atomic E-state index is -1.53.